The van der Waals surface area contributed by atoms with Crippen molar-refractivity contribution in [2.24, 2.45) is 0 Å². The summed E-state index contributed by atoms with van der Waals surface area (Å²) < 4.78 is 11.4. The first-order valence-electron chi connectivity index (χ1n) is 10.3. The van der Waals surface area contributed by atoms with Crippen molar-refractivity contribution >= 4 is 29.0 Å². The highest BCUT2D eigenvalue weighted by Gasteiger charge is 2.34. The fourth-order valence-electron chi connectivity index (χ4n) is 4.05. The summed E-state index contributed by atoms with van der Waals surface area (Å²) in [6.07, 6.45) is 2.80. The number of hydrogen-bond donors (Lipinski definition) is 1. The van der Waals surface area contributed by atoms with Crippen molar-refractivity contribution in [3.63, 3.8) is 0 Å². The van der Waals surface area contributed by atoms with Gasteiger partial charge in [0.05, 0.1) is 31.5 Å². The molecule has 30 heavy (non-hydrogen) atoms. The molecule has 0 aromatic heterocycles. The maximum Gasteiger partial charge on any atom is 0.238 e. The van der Waals surface area contributed by atoms with Gasteiger partial charge < -0.3 is 14.8 Å². The predicted molar refractivity (Wildman–Crippen MR) is 115 cm³/mol. The van der Waals surface area contributed by atoms with Gasteiger partial charge in [0.2, 0.25) is 5.91 Å². The molecule has 2 heterocycles. The summed E-state index contributed by atoms with van der Waals surface area (Å²) in [7, 11) is 0. The van der Waals surface area contributed by atoms with Gasteiger partial charge in [0.15, 0.2) is 12.1 Å². The van der Waals surface area contributed by atoms with Gasteiger partial charge in [0.25, 0.3) is 0 Å². The number of ether oxygens (including phenoxy) is 2. The van der Waals surface area contributed by atoms with Gasteiger partial charge in [-0.15, -0.1) is 0 Å². The Morgan fingerprint density at radius 2 is 1.83 bits per heavy atom. The lowest BCUT2D eigenvalue weighted by atomic mass is 10.0. The van der Waals surface area contributed by atoms with Crippen LogP contribution < -0.4 is 5.32 Å². The molecule has 2 saturated heterocycles. The zero-order valence-corrected chi connectivity index (χ0v) is 17.4. The summed E-state index contributed by atoms with van der Waals surface area (Å²) in [4.78, 5) is 27.9. The summed E-state index contributed by atoms with van der Waals surface area (Å²) in [5.74, 6) is -0.360. The Hall–Kier alpha value is -2.25. The van der Waals surface area contributed by atoms with Crippen LogP contribution in [-0.4, -0.2) is 55.2 Å². The van der Waals surface area contributed by atoms with Crippen LogP contribution in [0.1, 0.15) is 35.2 Å². The number of anilines is 1. The van der Waals surface area contributed by atoms with E-state index in [2.05, 4.69) is 10.2 Å². The molecule has 7 heteroatoms. The number of hydrogen-bond acceptors (Lipinski definition) is 5. The van der Waals surface area contributed by atoms with Gasteiger partial charge in [0, 0.05) is 16.1 Å². The largest absolute Gasteiger partial charge is 0.349 e. The molecule has 0 bridgehead atoms. The van der Waals surface area contributed by atoms with Crippen LogP contribution in [0.25, 0.3) is 0 Å². The van der Waals surface area contributed by atoms with Gasteiger partial charge in [-0.3, -0.25) is 14.5 Å². The number of nitrogens with zero attached hydrogens (tertiary/aromatic N) is 1. The third kappa shape index (κ3) is 4.90. The SMILES string of the molecule is O=C(CN1CCCCC1C1OCCO1)Nc1ccc(Cl)cc1C(=O)c1ccccc1. The molecule has 158 valence electrons. The van der Waals surface area contributed by atoms with Crippen LogP contribution in [0.2, 0.25) is 5.02 Å². The summed E-state index contributed by atoms with van der Waals surface area (Å²) in [5, 5.41) is 3.35. The molecule has 1 unspecified atom stereocenters. The molecule has 0 aliphatic carbocycles. The molecule has 1 atom stereocenters. The number of halogens is 1. The number of carbonyl (C=O) groups is 2. The average molecular weight is 429 g/mol. The molecule has 1 N–H and O–H groups in total. The molecule has 0 spiro atoms. The molecular weight excluding hydrogens is 404 g/mol. The first-order valence-corrected chi connectivity index (χ1v) is 10.7. The van der Waals surface area contributed by atoms with E-state index < -0.39 is 0 Å². The predicted octanol–water partition coefficient (Wildman–Crippen LogP) is 3.74. The quantitative estimate of drug-likeness (QED) is 0.710. The number of carbonyl (C=O) groups excluding carboxylic acids is 2. The monoisotopic (exact) mass is 428 g/mol. The van der Waals surface area contributed by atoms with Crippen LogP contribution in [0.15, 0.2) is 48.5 Å². The van der Waals surface area contributed by atoms with E-state index in [1.54, 1.807) is 42.5 Å². The molecule has 1 amide bonds. The van der Waals surface area contributed by atoms with Crippen LogP contribution in [-0.2, 0) is 14.3 Å². The average Bonchev–Trinajstić information content (AvgIpc) is 3.30. The van der Waals surface area contributed by atoms with Crippen LogP contribution in [0.4, 0.5) is 5.69 Å². The van der Waals surface area contributed by atoms with E-state index in [1.807, 2.05) is 6.07 Å². The number of amides is 1. The van der Waals surface area contributed by atoms with Crippen molar-refractivity contribution in [2.75, 3.05) is 31.6 Å². The Morgan fingerprint density at radius 3 is 2.60 bits per heavy atom. The number of rotatable bonds is 6. The first-order chi connectivity index (χ1) is 14.6. The number of piperidine rings is 1. The molecular formula is C23H25ClN2O4. The molecule has 2 aliphatic heterocycles. The summed E-state index contributed by atoms with van der Waals surface area (Å²) in [6, 6.07) is 14.0. The van der Waals surface area contributed by atoms with Gasteiger partial charge in [-0.1, -0.05) is 48.4 Å². The highest BCUT2D eigenvalue weighted by molar-refractivity contribution is 6.31. The molecule has 6 nitrogen and oxygen atoms in total. The summed E-state index contributed by atoms with van der Waals surface area (Å²) in [6.45, 7) is 2.22. The van der Waals surface area contributed by atoms with E-state index in [-0.39, 0.29) is 30.6 Å². The van der Waals surface area contributed by atoms with E-state index >= 15 is 0 Å². The zero-order chi connectivity index (χ0) is 20.9. The van der Waals surface area contributed by atoms with Crippen molar-refractivity contribution in [1.82, 2.24) is 4.90 Å². The van der Waals surface area contributed by atoms with Crippen LogP contribution >= 0.6 is 11.6 Å². The number of ketones is 1. The normalized spacial score (nSPS) is 20.2. The second kappa shape index (κ2) is 9.71. The smallest absolute Gasteiger partial charge is 0.238 e. The number of benzene rings is 2. The second-order valence-electron chi connectivity index (χ2n) is 7.58. The Bertz CT molecular complexity index is 899. The fraction of sp³-hybridized carbons (Fsp3) is 0.391. The third-order valence-corrected chi connectivity index (χ3v) is 5.74. The molecule has 2 aromatic rings. The van der Waals surface area contributed by atoms with Crippen LogP contribution in [0.3, 0.4) is 0 Å². The minimum Gasteiger partial charge on any atom is -0.349 e. The molecule has 2 fully saturated rings. The van der Waals surface area contributed by atoms with Crippen LogP contribution in [0.5, 0.6) is 0 Å². The highest BCUT2D eigenvalue weighted by atomic mass is 35.5. The van der Waals surface area contributed by atoms with E-state index in [0.29, 0.717) is 35.1 Å². The standard InChI is InChI=1S/C23H25ClN2O4/c24-17-9-10-19(18(14-17)22(28)16-6-2-1-3-7-16)25-21(27)15-26-11-5-4-8-20(26)23-29-12-13-30-23/h1-3,6-7,9-10,14,20,23H,4-5,8,11-13,15H2,(H,25,27). The maximum atomic E-state index is 13.0. The molecule has 4 rings (SSSR count). The Balaban J connectivity index is 1.48. The van der Waals surface area contributed by atoms with Gasteiger partial charge in [-0.2, -0.15) is 0 Å². The maximum absolute atomic E-state index is 13.0. The lowest BCUT2D eigenvalue weighted by Crippen LogP contribution is -2.50. The lowest BCUT2D eigenvalue weighted by molar-refractivity contribution is -0.127. The zero-order valence-electron chi connectivity index (χ0n) is 16.7. The van der Waals surface area contributed by atoms with E-state index in [1.165, 1.54) is 0 Å². The van der Waals surface area contributed by atoms with Crippen molar-refractivity contribution in [2.45, 2.75) is 31.6 Å². The van der Waals surface area contributed by atoms with Crippen molar-refractivity contribution in [1.29, 1.82) is 0 Å². The second-order valence-corrected chi connectivity index (χ2v) is 8.01. The fourth-order valence-corrected chi connectivity index (χ4v) is 4.22. The first kappa shape index (κ1) is 21.0. The van der Waals surface area contributed by atoms with Gasteiger partial charge >= 0.3 is 0 Å². The van der Waals surface area contributed by atoms with Crippen molar-refractivity contribution in [3.05, 3.63) is 64.7 Å². The Morgan fingerprint density at radius 1 is 1.07 bits per heavy atom. The summed E-state index contributed by atoms with van der Waals surface area (Å²) >= 11 is 6.13. The summed E-state index contributed by atoms with van der Waals surface area (Å²) in [5.41, 5.74) is 1.38. The molecule has 0 saturated carbocycles. The van der Waals surface area contributed by atoms with Crippen molar-refractivity contribution in [3.8, 4) is 0 Å². The number of likely N-dealkylation sites (tertiary alicyclic amines) is 1. The van der Waals surface area contributed by atoms with Gasteiger partial charge in [-0.05, 0) is 37.6 Å². The Labute approximate surface area is 181 Å². The molecule has 2 aromatic carbocycles. The van der Waals surface area contributed by atoms with Gasteiger partial charge in [-0.25, -0.2) is 0 Å². The lowest BCUT2D eigenvalue weighted by Gasteiger charge is -2.37. The number of nitrogens with one attached hydrogen (secondary N) is 1. The van der Waals surface area contributed by atoms with E-state index in [0.717, 1.165) is 25.8 Å². The minimum atomic E-state index is -0.274. The van der Waals surface area contributed by atoms with E-state index in [4.69, 9.17) is 21.1 Å². The minimum absolute atomic E-state index is 0.0719. The third-order valence-electron chi connectivity index (χ3n) is 5.51. The van der Waals surface area contributed by atoms with Crippen LogP contribution in [0, 0.1) is 0 Å². The topological polar surface area (TPSA) is 67.9 Å². The van der Waals surface area contributed by atoms with Crippen molar-refractivity contribution < 1.29 is 19.1 Å². The Kier molecular flexibility index (Phi) is 6.79. The van der Waals surface area contributed by atoms with Gasteiger partial charge in [0.1, 0.15) is 0 Å². The van der Waals surface area contributed by atoms with E-state index in [9.17, 15) is 9.59 Å². The molecule has 0 radical (unpaired) electrons. The highest BCUT2D eigenvalue weighted by Crippen LogP contribution is 2.26. The molecule has 2 aliphatic rings.